The molecule has 0 radical (unpaired) electrons. The molecule has 4 rings (SSSR count). The van der Waals surface area contributed by atoms with Gasteiger partial charge in [-0.2, -0.15) is 5.10 Å². The van der Waals surface area contributed by atoms with Crippen LogP contribution in [0.15, 0.2) is 48.7 Å². The molecule has 0 unspecified atom stereocenters. The Balaban J connectivity index is 1.73. The van der Waals surface area contributed by atoms with Crippen molar-refractivity contribution < 1.29 is 19.1 Å². The molecule has 1 amide bonds. The molecule has 0 spiro atoms. The quantitative estimate of drug-likeness (QED) is 0.568. The maximum absolute atomic E-state index is 15.4. The molecule has 1 aliphatic rings. The fourth-order valence-electron chi connectivity index (χ4n) is 4.04. The van der Waals surface area contributed by atoms with Crippen molar-refractivity contribution >= 4 is 11.9 Å². The van der Waals surface area contributed by atoms with Gasteiger partial charge in [-0.1, -0.05) is 38.1 Å². The number of carboxylic acids is 1. The normalized spacial score (nSPS) is 13.4. The number of aromatic nitrogens is 2. The van der Waals surface area contributed by atoms with Gasteiger partial charge in [-0.25, -0.2) is 13.9 Å². The zero-order chi connectivity index (χ0) is 23.0. The fourth-order valence-corrected chi connectivity index (χ4v) is 4.04. The van der Waals surface area contributed by atoms with E-state index in [0.717, 1.165) is 12.8 Å². The van der Waals surface area contributed by atoms with Crippen LogP contribution < -0.4 is 0 Å². The molecule has 1 saturated carbocycles. The molecular formula is C25H26FN3O3. The van der Waals surface area contributed by atoms with Crippen LogP contribution in [0.25, 0.3) is 16.8 Å². The molecule has 1 fully saturated rings. The highest BCUT2D eigenvalue weighted by atomic mass is 19.1. The second-order valence-electron chi connectivity index (χ2n) is 8.73. The lowest BCUT2D eigenvalue weighted by molar-refractivity contribution is 0.0694. The van der Waals surface area contributed by atoms with Crippen LogP contribution in [-0.4, -0.2) is 45.3 Å². The van der Waals surface area contributed by atoms with Gasteiger partial charge in [0.15, 0.2) is 0 Å². The minimum Gasteiger partial charge on any atom is -0.478 e. The summed E-state index contributed by atoms with van der Waals surface area (Å²) in [5.74, 6) is -1.49. The first-order valence-electron chi connectivity index (χ1n) is 10.7. The first-order valence-corrected chi connectivity index (χ1v) is 10.7. The Bertz CT molecular complexity index is 1180. The van der Waals surface area contributed by atoms with Gasteiger partial charge in [0.25, 0.3) is 5.91 Å². The van der Waals surface area contributed by atoms with Gasteiger partial charge >= 0.3 is 5.97 Å². The van der Waals surface area contributed by atoms with Gasteiger partial charge in [-0.15, -0.1) is 0 Å². The largest absolute Gasteiger partial charge is 0.478 e. The van der Waals surface area contributed by atoms with Gasteiger partial charge in [-0.3, -0.25) is 4.79 Å². The summed E-state index contributed by atoms with van der Waals surface area (Å²) in [6.07, 6.45) is 3.22. The minimum atomic E-state index is -1.00. The van der Waals surface area contributed by atoms with Crippen LogP contribution in [0.4, 0.5) is 4.39 Å². The number of halogens is 1. The Labute approximate surface area is 186 Å². The summed E-state index contributed by atoms with van der Waals surface area (Å²) in [6.45, 7) is 4.54. The highest BCUT2D eigenvalue weighted by molar-refractivity contribution is 5.96. The van der Waals surface area contributed by atoms with Crippen LogP contribution >= 0.6 is 0 Å². The van der Waals surface area contributed by atoms with E-state index in [4.69, 9.17) is 0 Å². The molecule has 166 valence electrons. The predicted molar refractivity (Wildman–Crippen MR) is 120 cm³/mol. The van der Waals surface area contributed by atoms with Crippen molar-refractivity contribution in [3.63, 3.8) is 0 Å². The van der Waals surface area contributed by atoms with E-state index in [1.807, 2.05) is 19.9 Å². The number of amides is 1. The highest BCUT2D eigenvalue weighted by Crippen LogP contribution is 2.42. The van der Waals surface area contributed by atoms with Gasteiger partial charge in [0.2, 0.25) is 0 Å². The van der Waals surface area contributed by atoms with E-state index in [1.54, 1.807) is 42.1 Å². The van der Waals surface area contributed by atoms with E-state index in [0.29, 0.717) is 29.1 Å². The van der Waals surface area contributed by atoms with Crippen molar-refractivity contribution in [3.8, 4) is 16.8 Å². The molecule has 3 aromatic rings. The van der Waals surface area contributed by atoms with Crippen molar-refractivity contribution in [2.75, 3.05) is 13.6 Å². The van der Waals surface area contributed by atoms with Gasteiger partial charge in [0.05, 0.1) is 23.1 Å². The van der Waals surface area contributed by atoms with Crippen molar-refractivity contribution in [3.05, 3.63) is 71.3 Å². The third-order valence-corrected chi connectivity index (χ3v) is 5.62. The topological polar surface area (TPSA) is 75.4 Å². The minimum absolute atomic E-state index is 0.0296. The summed E-state index contributed by atoms with van der Waals surface area (Å²) >= 11 is 0. The van der Waals surface area contributed by atoms with E-state index >= 15 is 4.39 Å². The Morgan fingerprint density at radius 2 is 1.91 bits per heavy atom. The van der Waals surface area contributed by atoms with E-state index in [-0.39, 0.29) is 28.9 Å². The first-order chi connectivity index (χ1) is 15.3. The van der Waals surface area contributed by atoms with Crippen molar-refractivity contribution in [1.82, 2.24) is 14.7 Å². The number of carboxylic acid groups (broad SMARTS) is 1. The summed E-state index contributed by atoms with van der Waals surface area (Å²) in [4.78, 5) is 25.9. The number of aromatic carboxylic acids is 1. The number of rotatable bonds is 7. The number of hydrogen-bond donors (Lipinski definition) is 1. The molecule has 7 heteroatoms. The fraction of sp³-hybridized carbons (Fsp3) is 0.320. The number of carbonyl (C=O) groups excluding carboxylic acids is 1. The van der Waals surface area contributed by atoms with Crippen LogP contribution in [0.3, 0.4) is 0 Å². The summed E-state index contributed by atoms with van der Waals surface area (Å²) in [7, 11) is 1.67. The molecule has 0 saturated heterocycles. The third kappa shape index (κ3) is 4.15. The first kappa shape index (κ1) is 21.7. The molecule has 6 nitrogen and oxygen atoms in total. The highest BCUT2D eigenvalue weighted by Gasteiger charge is 2.33. The summed E-state index contributed by atoms with van der Waals surface area (Å²) < 4.78 is 17.1. The predicted octanol–water partition coefficient (Wildman–Crippen LogP) is 4.98. The summed E-state index contributed by atoms with van der Waals surface area (Å²) in [5, 5.41) is 13.8. The Morgan fingerprint density at radius 1 is 1.19 bits per heavy atom. The zero-order valence-electron chi connectivity index (χ0n) is 18.4. The Hall–Kier alpha value is -3.48. The lowest BCUT2D eigenvalue weighted by atomic mass is 10.0. The zero-order valence-corrected chi connectivity index (χ0v) is 18.4. The van der Waals surface area contributed by atoms with Gasteiger partial charge < -0.3 is 10.0 Å². The standard InChI is InChI=1S/C25H26FN3O3/c1-15(2)14-28(3)24(30)20-9-5-8-19(22(20)26)17-6-4-7-18(12-17)29-23(16-10-11-16)21(13-27-29)25(31)32/h4-9,12-13,15-16H,10-11,14H2,1-3H3,(H,31,32). The van der Waals surface area contributed by atoms with Gasteiger partial charge in [-0.05, 0) is 42.5 Å². The van der Waals surface area contributed by atoms with Crippen LogP contribution in [0.1, 0.15) is 59.0 Å². The molecule has 32 heavy (non-hydrogen) atoms. The molecule has 0 bridgehead atoms. The average molecular weight is 435 g/mol. The van der Waals surface area contributed by atoms with E-state index < -0.39 is 11.8 Å². The lowest BCUT2D eigenvalue weighted by Crippen LogP contribution is -2.31. The molecule has 1 heterocycles. The van der Waals surface area contributed by atoms with Gasteiger partial charge in [0.1, 0.15) is 11.4 Å². The van der Waals surface area contributed by atoms with E-state index in [2.05, 4.69) is 5.10 Å². The molecule has 0 atom stereocenters. The van der Waals surface area contributed by atoms with Gasteiger partial charge in [0, 0.05) is 25.1 Å². The van der Waals surface area contributed by atoms with Crippen molar-refractivity contribution in [2.24, 2.45) is 5.92 Å². The second-order valence-corrected chi connectivity index (χ2v) is 8.73. The lowest BCUT2D eigenvalue weighted by Gasteiger charge is -2.20. The molecule has 2 aromatic carbocycles. The number of carbonyl (C=O) groups is 2. The number of nitrogens with zero attached hydrogens (tertiary/aromatic N) is 3. The molecule has 1 aliphatic carbocycles. The third-order valence-electron chi connectivity index (χ3n) is 5.62. The number of benzene rings is 2. The number of hydrogen-bond acceptors (Lipinski definition) is 3. The Morgan fingerprint density at radius 3 is 2.56 bits per heavy atom. The molecule has 1 N–H and O–H groups in total. The van der Waals surface area contributed by atoms with Crippen LogP contribution in [0, 0.1) is 11.7 Å². The molecular weight excluding hydrogens is 409 g/mol. The molecule has 0 aliphatic heterocycles. The SMILES string of the molecule is CC(C)CN(C)C(=O)c1cccc(-c2cccc(-n3ncc(C(=O)O)c3C3CC3)c2)c1F. The van der Waals surface area contributed by atoms with Crippen LogP contribution in [-0.2, 0) is 0 Å². The second kappa shape index (κ2) is 8.57. The summed E-state index contributed by atoms with van der Waals surface area (Å²) in [6, 6.07) is 12.0. The van der Waals surface area contributed by atoms with Crippen molar-refractivity contribution in [1.29, 1.82) is 0 Å². The monoisotopic (exact) mass is 435 g/mol. The van der Waals surface area contributed by atoms with Crippen LogP contribution in [0.2, 0.25) is 0 Å². The Kier molecular flexibility index (Phi) is 5.82. The average Bonchev–Trinajstić information content (AvgIpc) is 3.50. The van der Waals surface area contributed by atoms with Crippen LogP contribution in [0.5, 0.6) is 0 Å². The van der Waals surface area contributed by atoms with E-state index in [1.165, 1.54) is 17.2 Å². The molecule has 1 aromatic heterocycles. The van der Waals surface area contributed by atoms with E-state index in [9.17, 15) is 14.7 Å². The smallest absolute Gasteiger partial charge is 0.339 e. The summed E-state index contributed by atoms with van der Waals surface area (Å²) in [5.41, 5.74) is 2.47. The van der Waals surface area contributed by atoms with Crippen molar-refractivity contribution in [2.45, 2.75) is 32.6 Å². The maximum Gasteiger partial charge on any atom is 0.339 e. The maximum atomic E-state index is 15.4.